The van der Waals surface area contributed by atoms with Gasteiger partial charge in [-0.15, -0.1) is 0 Å². The van der Waals surface area contributed by atoms with Crippen LogP contribution >= 0.6 is 0 Å². The lowest BCUT2D eigenvalue weighted by molar-refractivity contribution is -0.117. The van der Waals surface area contributed by atoms with Gasteiger partial charge in [-0.25, -0.2) is 0 Å². The number of hydrogen-bond acceptors (Lipinski definition) is 3. The summed E-state index contributed by atoms with van der Waals surface area (Å²) in [5, 5.41) is 2.69. The SMILES string of the molecule is Cc1cc(NC(=O)CN)ccc1N1CCCC1=O. The fraction of sp³-hybridized carbons (Fsp3) is 0.385. The van der Waals surface area contributed by atoms with Crippen molar-refractivity contribution < 1.29 is 9.59 Å². The molecule has 5 nitrogen and oxygen atoms in total. The highest BCUT2D eigenvalue weighted by molar-refractivity contribution is 5.97. The van der Waals surface area contributed by atoms with Crippen molar-refractivity contribution in [3.8, 4) is 0 Å². The summed E-state index contributed by atoms with van der Waals surface area (Å²) >= 11 is 0. The van der Waals surface area contributed by atoms with Crippen molar-refractivity contribution >= 4 is 23.2 Å². The Labute approximate surface area is 106 Å². The standard InChI is InChI=1S/C13H17N3O2/c1-9-7-10(15-12(17)8-14)4-5-11(9)16-6-2-3-13(16)18/h4-5,7H,2-3,6,8,14H2,1H3,(H,15,17). The molecule has 0 saturated carbocycles. The van der Waals surface area contributed by atoms with Gasteiger partial charge in [-0.3, -0.25) is 9.59 Å². The average molecular weight is 247 g/mol. The first-order valence-electron chi connectivity index (χ1n) is 6.03. The molecule has 5 heteroatoms. The van der Waals surface area contributed by atoms with Crippen molar-refractivity contribution in [2.45, 2.75) is 19.8 Å². The van der Waals surface area contributed by atoms with Crippen molar-refractivity contribution in [3.05, 3.63) is 23.8 Å². The number of carbonyl (C=O) groups is 2. The molecule has 1 aromatic carbocycles. The molecule has 0 atom stereocenters. The van der Waals surface area contributed by atoms with Crippen LogP contribution < -0.4 is 16.0 Å². The van der Waals surface area contributed by atoms with E-state index in [0.29, 0.717) is 12.1 Å². The maximum absolute atomic E-state index is 11.7. The zero-order valence-electron chi connectivity index (χ0n) is 10.4. The molecule has 1 saturated heterocycles. The number of anilines is 2. The monoisotopic (exact) mass is 247 g/mol. The van der Waals surface area contributed by atoms with Crippen LogP contribution in [0.3, 0.4) is 0 Å². The number of nitrogens with zero attached hydrogens (tertiary/aromatic N) is 1. The number of rotatable bonds is 3. The van der Waals surface area contributed by atoms with Crippen molar-refractivity contribution in [2.24, 2.45) is 5.73 Å². The minimum Gasteiger partial charge on any atom is -0.325 e. The predicted octanol–water partition coefficient (Wildman–Crippen LogP) is 1.02. The maximum Gasteiger partial charge on any atom is 0.238 e. The topological polar surface area (TPSA) is 75.4 Å². The van der Waals surface area contributed by atoms with Crippen LogP contribution in [-0.4, -0.2) is 24.9 Å². The Bertz CT molecular complexity index is 485. The Balaban J connectivity index is 2.19. The molecule has 18 heavy (non-hydrogen) atoms. The smallest absolute Gasteiger partial charge is 0.238 e. The number of amides is 2. The van der Waals surface area contributed by atoms with Gasteiger partial charge in [0.2, 0.25) is 11.8 Å². The third kappa shape index (κ3) is 2.51. The molecule has 2 amide bonds. The fourth-order valence-electron chi connectivity index (χ4n) is 2.15. The van der Waals surface area contributed by atoms with Crippen LogP contribution in [0.1, 0.15) is 18.4 Å². The molecule has 0 aliphatic carbocycles. The summed E-state index contributed by atoms with van der Waals surface area (Å²) in [6.45, 7) is 2.67. The molecule has 0 aromatic heterocycles. The average Bonchev–Trinajstić information content (AvgIpc) is 2.75. The van der Waals surface area contributed by atoms with E-state index in [4.69, 9.17) is 5.73 Å². The van der Waals surface area contributed by atoms with Gasteiger partial charge in [-0.05, 0) is 37.1 Å². The highest BCUT2D eigenvalue weighted by Gasteiger charge is 2.22. The summed E-state index contributed by atoms with van der Waals surface area (Å²) in [4.78, 5) is 24.7. The van der Waals surface area contributed by atoms with Crippen LogP contribution in [0.2, 0.25) is 0 Å². The quantitative estimate of drug-likeness (QED) is 0.837. The number of aryl methyl sites for hydroxylation is 1. The van der Waals surface area contributed by atoms with E-state index in [0.717, 1.165) is 24.2 Å². The van der Waals surface area contributed by atoms with Crippen LogP contribution in [-0.2, 0) is 9.59 Å². The Kier molecular flexibility index (Phi) is 3.62. The zero-order valence-corrected chi connectivity index (χ0v) is 10.4. The number of nitrogens with two attached hydrogens (primary N) is 1. The van der Waals surface area contributed by atoms with Gasteiger partial charge in [0.25, 0.3) is 0 Å². The molecule has 0 spiro atoms. The summed E-state index contributed by atoms with van der Waals surface area (Å²) in [5.74, 6) is -0.0590. The van der Waals surface area contributed by atoms with Crippen molar-refractivity contribution in [1.82, 2.24) is 0 Å². The van der Waals surface area contributed by atoms with E-state index in [2.05, 4.69) is 5.32 Å². The van der Waals surface area contributed by atoms with Gasteiger partial charge < -0.3 is 16.0 Å². The lowest BCUT2D eigenvalue weighted by atomic mass is 10.1. The van der Waals surface area contributed by atoms with E-state index in [-0.39, 0.29) is 18.4 Å². The lowest BCUT2D eigenvalue weighted by Gasteiger charge is -2.19. The minimum atomic E-state index is -0.223. The van der Waals surface area contributed by atoms with Crippen LogP contribution in [0.15, 0.2) is 18.2 Å². The Morgan fingerprint density at radius 3 is 2.83 bits per heavy atom. The van der Waals surface area contributed by atoms with Gasteiger partial charge in [-0.2, -0.15) is 0 Å². The molecular formula is C13H17N3O2. The molecule has 96 valence electrons. The second-order valence-electron chi connectivity index (χ2n) is 4.40. The van der Waals surface area contributed by atoms with Crippen molar-refractivity contribution in [2.75, 3.05) is 23.3 Å². The molecule has 1 aliphatic heterocycles. The highest BCUT2D eigenvalue weighted by Crippen LogP contribution is 2.27. The van der Waals surface area contributed by atoms with E-state index < -0.39 is 0 Å². The Hall–Kier alpha value is -1.88. The minimum absolute atomic E-state index is 0.0363. The molecule has 0 unspecified atom stereocenters. The number of carbonyl (C=O) groups excluding carboxylic acids is 2. The van der Waals surface area contributed by atoms with E-state index in [1.165, 1.54) is 0 Å². The normalized spacial score (nSPS) is 15.0. The molecule has 2 rings (SSSR count). The fourth-order valence-corrected chi connectivity index (χ4v) is 2.15. The maximum atomic E-state index is 11.7. The number of hydrogen-bond donors (Lipinski definition) is 2. The summed E-state index contributed by atoms with van der Waals surface area (Å²) in [7, 11) is 0. The second-order valence-corrected chi connectivity index (χ2v) is 4.40. The zero-order chi connectivity index (χ0) is 13.1. The molecule has 1 aliphatic rings. The van der Waals surface area contributed by atoms with E-state index in [1.807, 2.05) is 19.1 Å². The van der Waals surface area contributed by atoms with Gasteiger partial charge in [0.05, 0.1) is 6.54 Å². The lowest BCUT2D eigenvalue weighted by Crippen LogP contribution is -2.25. The molecule has 0 radical (unpaired) electrons. The number of nitrogens with one attached hydrogen (secondary N) is 1. The van der Waals surface area contributed by atoms with Gasteiger partial charge in [0.15, 0.2) is 0 Å². The van der Waals surface area contributed by atoms with Crippen LogP contribution in [0.4, 0.5) is 11.4 Å². The summed E-state index contributed by atoms with van der Waals surface area (Å²) < 4.78 is 0. The third-order valence-electron chi connectivity index (χ3n) is 3.03. The molecular weight excluding hydrogens is 230 g/mol. The first kappa shape index (κ1) is 12.6. The van der Waals surface area contributed by atoms with Crippen molar-refractivity contribution in [3.63, 3.8) is 0 Å². The first-order chi connectivity index (χ1) is 8.61. The summed E-state index contributed by atoms with van der Waals surface area (Å²) in [6, 6.07) is 5.51. The van der Waals surface area contributed by atoms with Crippen molar-refractivity contribution in [1.29, 1.82) is 0 Å². The van der Waals surface area contributed by atoms with Gasteiger partial charge in [0, 0.05) is 24.3 Å². The third-order valence-corrected chi connectivity index (χ3v) is 3.03. The molecule has 3 N–H and O–H groups in total. The van der Waals surface area contributed by atoms with Crippen LogP contribution in [0, 0.1) is 6.92 Å². The first-order valence-corrected chi connectivity index (χ1v) is 6.03. The molecule has 1 aromatic rings. The highest BCUT2D eigenvalue weighted by atomic mass is 16.2. The largest absolute Gasteiger partial charge is 0.325 e. The van der Waals surface area contributed by atoms with Gasteiger partial charge in [-0.1, -0.05) is 0 Å². The Morgan fingerprint density at radius 2 is 2.28 bits per heavy atom. The number of benzene rings is 1. The van der Waals surface area contributed by atoms with Gasteiger partial charge in [0.1, 0.15) is 0 Å². The van der Waals surface area contributed by atoms with Gasteiger partial charge >= 0.3 is 0 Å². The second kappa shape index (κ2) is 5.18. The van der Waals surface area contributed by atoms with E-state index in [9.17, 15) is 9.59 Å². The van der Waals surface area contributed by atoms with Crippen LogP contribution in [0.25, 0.3) is 0 Å². The summed E-state index contributed by atoms with van der Waals surface area (Å²) in [6.07, 6.45) is 1.52. The van der Waals surface area contributed by atoms with Crippen LogP contribution in [0.5, 0.6) is 0 Å². The van der Waals surface area contributed by atoms with E-state index in [1.54, 1.807) is 11.0 Å². The predicted molar refractivity (Wildman–Crippen MR) is 70.5 cm³/mol. The molecule has 1 heterocycles. The Morgan fingerprint density at radius 1 is 1.50 bits per heavy atom. The molecule has 0 bridgehead atoms. The van der Waals surface area contributed by atoms with E-state index >= 15 is 0 Å². The molecule has 1 fully saturated rings. The summed E-state index contributed by atoms with van der Waals surface area (Å²) in [5.41, 5.74) is 7.84.